The van der Waals surface area contributed by atoms with Crippen molar-refractivity contribution in [3.63, 3.8) is 0 Å². The lowest BCUT2D eigenvalue weighted by molar-refractivity contribution is -0.137. The zero-order chi connectivity index (χ0) is 20.5. The molecule has 0 bridgehead atoms. The Labute approximate surface area is 175 Å². The van der Waals surface area contributed by atoms with E-state index in [0.717, 1.165) is 12.8 Å². The maximum Gasteiger partial charge on any atom is 0.303 e. The molecule has 0 heterocycles. The summed E-state index contributed by atoms with van der Waals surface area (Å²) < 4.78 is 0. The SMILES string of the molecule is CC/C=C/CCCCCCCCC/C=C/CCCCCCCCCCC(=O)O. The van der Waals surface area contributed by atoms with Gasteiger partial charge in [-0.2, -0.15) is 0 Å². The van der Waals surface area contributed by atoms with Crippen molar-refractivity contribution in [1.29, 1.82) is 0 Å². The van der Waals surface area contributed by atoms with Crippen molar-refractivity contribution < 1.29 is 9.90 Å². The van der Waals surface area contributed by atoms with Gasteiger partial charge in [-0.3, -0.25) is 4.79 Å². The van der Waals surface area contributed by atoms with Crippen LogP contribution in [0.5, 0.6) is 0 Å². The third-order valence-electron chi connectivity index (χ3n) is 5.32. The van der Waals surface area contributed by atoms with Gasteiger partial charge in [0.1, 0.15) is 0 Å². The molecule has 0 aromatic carbocycles. The largest absolute Gasteiger partial charge is 0.481 e. The molecule has 0 saturated heterocycles. The zero-order valence-corrected chi connectivity index (χ0v) is 18.8. The summed E-state index contributed by atoms with van der Waals surface area (Å²) in [5, 5.41) is 8.58. The second kappa shape index (κ2) is 24.0. The summed E-state index contributed by atoms with van der Waals surface area (Å²) in [6, 6.07) is 0. The van der Waals surface area contributed by atoms with Gasteiger partial charge in [-0.25, -0.2) is 0 Å². The topological polar surface area (TPSA) is 37.3 Å². The van der Waals surface area contributed by atoms with E-state index in [9.17, 15) is 4.79 Å². The van der Waals surface area contributed by atoms with E-state index >= 15 is 0 Å². The third-order valence-corrected chi connectivity index (χ3v) is 5.32. The lowest BCUT2D eigenvalue weighted by Crippen LogP contribution is -1.93. The van der Waals surface area contributed by atoms with Crippen LogP contribution in [-0.4, -0.2) is 11.1 Å². The van der Waals surface area contributed by atoms with Crippen molar-refractivity contribution in [2.45, 2.75) is 135 Å². The van der Waals surface area contributed by atoms with E-state index in [4.69, 9.17) is 5.11 Å². The molecule has 0 aromatic heterocycles. The van der Waals surface area contributed by atoms with Crippen molar-refractivity contribution in [3.8, 4) is 0 Å². The Morgan fingerprint density at radius 3 is 1.21 bits per heavy atom. The van der Waals surface area contributed by atoms with E-state index in [1.54, 1.807) is 0 Å². The van der Waals surface area contributed by atoms with E-state index in [1.807, 2.05) is 0 Å². The van der Waals surface area contributed by atoms with Crippen LogP contribution in [0.1, 0.15) is 135 Å². The predicted molar refractivity (Wildman–Crippen MR) is 124 cm³/mol. The van der Waals surface area contributed by atoms with E-state index in [0.29, 0.717) is 6.42 Å². The first kappa shape index (κ1) is 27.0. The Hall–Kier alpha value is -1.05. The molecule has 28 heavy (non-hydrogen) atoms. The number of allylic oxidation sites excluding steroid dienone is 4. The Kier molecular flexibility index (Phi) is 23.1. The summed E-state index contributed by atoms with van der Waals surface area (Å²) in [7, 11) is 0. The quantitative estimate of drug-likeness (QED) is 0.147. The highest BCUT2D eigenvalue weighted by Gasteiger charge is 1.96. The third kappa shape index (κ3) is 24.9. The molecule has 0 fully saturated rings. The fourth-order valence-corrected chi connectivity index (χ4v) is 3.53. The highest BCUT2D eigenvalue weighted by molar-refractivity contribution is 5.66. The molecule has 0 aliphatic rings. The Morgan fingerprint density at radius 1 is 0.536 bits per heavy atom. The number of carboxylic acids is 1. The minimum absolute atomic E-state index is 0.337. The molecule has 1 N–H and O–H groups in total. The molecule has 0 radical (unpaired) electrons. The van der Waals surface area contributed by atoms with E-state index in [-0.39, 0.29) is 0 Å². The molecule has 2 nitrogen and oxygen atoms in total. The second-order valence-corrected chi connectivity index (χ2v) is 8.16. The number of rotatable bonds is 22. The first-order chi connectivity index (χ1) is 13.8. The summed E-state index contributed by atoms with van der Waals surface area (Å²) in [6.45, 7) is 2.20. The number of hydrogen-bond donors (Lipinski definition) is 1. The molecular weight excluding hydrogens is 344 g/mol. The van der Waals surface area contributed by atoms with Crippen LogP contribution in [0.2, 0.25) is 0 Å². The normalized spacial score (nSPS) is 11.8. The fraction of sp³-hybridized carbons (Fsp3) is 0.808. The van der Waals surface area contributed by atoms with Gasteiger partial charge in [0.25, 0.3) is 0 Å². The number of unbranched alkanes of at least 4 members (excludes halogenated alkanes) is 16. The fourth-order valence-electron chi connectivity index (χ4n) is 3.53. The van der Waals surface area contributed by atoms with Crippen LogP contribution in [0.25, 0.3) is 0 Å². The minimum atomic E-state index is -0.658. The van der Waals surface area contributed by atoms with E-state index in [1.165, 1.54) is 109 Å². The number of carboxylic acid groups (broad SMARTS) is 1. The average molecular weight is 393 g/mol. The van der Waals surface area contributed by atoms with Gasteiger partial charge in [-0.15, -0.1) is 0 Å². The van der Waals surface area contributed by atoms with Crippen LogP contribution < -0.4 is 0 Å². The lowest BCUT2D eigenvalue weighted by atomic mass is 10.1. The van der Waals surface area contributed by atoms with Crippen LogP contribution in [0.4, 0.5) is 0 Å². The summed E-state index contributed by atoms with van der Waals surface area (Å²) in [5.41, 5.74) is 0. The van der Waals surface area contributed by atoms with Crippen LogP contribution in [-0.2, 0) is 4.79 Å². The first-order valence-electron chi connectivity index (χ1n) is 12.3. The molecule has 164 valence electrons. The Balaban J connectivity index is 3.10. The average Bonchev–Trinajstić information content (AvgIpc) is 2.68. The van der Waals surface area contributed by atoms with Crippen molar-refractivity contribution in [1.82, 2.24) is 0 Å². The molecule has 0 spiro atoms. The van der Waals surface area contributed by atoms with E-state index in [2.05, 4.69) is 31.2 Å². The Bertz CT molecular complexity index is 371. The van der Waals surface area contributed by atoms with Crippen LogP contribution in [0.3, 0.4) is 0 Å². The van der Waals surface area contributed by atoms with Crippen LogP contribution >= 0.6 is 0 Å². The molecule has 0 aliphatic heterocycles. The maximum absolute atomic E-state index is 10.4. The smallest absolute Gasteiger partial charge is 0.303 e. The van der Waals surface area contributed by atoms with Gasteiger partial charge in [-0.1, -0.05) is 102 Å². The first-order valence-corrected chi connectivity index (χ1v) is 12.3. The number of aliphatic carboxylic acids is 1. The monoisotopic (exact) mass is 392 g/mol. The van der Waals surface area contributed by atoms with Gasteiger partial charge in [0.2, 0.25) is 0 Å². The number of hydrogen-bond acceptors (Lipinski definition) is 1. The summed E-state index contributed by atoms with van der Waals surface area (Å²) in [6.07, 6.45) is 34.1. The summed E-state index contributed by atoms with van der Waals surface area (Å²) >= 11 is 0. The molecule has 0 aliphatic carbocycles. The molecular formula is C26H48O2. The van der Waals surface area contributed by atoms with Gasteiger partial charge in [0, 0.05) is 6.42 Å². The van der Waals surface area contributed by atoms with Gasteiger partial charge < -0.3 is 5.11 Å². The van der Waals surface area contributed by atoms with Crippen LogP contribution in [0, 0.1) is 0 Å². The molecule has 0 unspecified atom stereocenters. The standard InChI is InChI=1S/C26H48O2/c1-2-3-4-5-6-7-8-9-10-11-12-13-14-15-16-17-18-19-20-21-22-23-24-25-26(27)28/h3-4,14-15H,2,5-13,16-25H2,1H3,(H,27,28)/b4-3+,15-14+. The molecule has 0 amide bonds. The van der Waals surface area contributed by atoms with Crippen molar-refractivity contribution in [2.75, 3.05) is 0 Å². The lowest BCUT2D eigenvalue weighted by Gasteiger charge is -2.01. The molecule has 2 heteroatoms. The molecule has 0 atom stereocenters. The van der Waals surface area contributed by atoms with Gasteiger partial charge >= 0.3 is 5.97 Å². The summed E-state index contributed by atoms with van der Waals surface area (Å²) in [4.78, 5) is 10.4. The van der Waals surface area contributed by atoms with Gasteiger partial charge in [-0.05, 0) is 51.4 Å². The maximum atomic E-state index is 10.4. The number of carbonyl (C=O) groups is 1. The van der Waals surface area contributed by atoms with Crippen molar-refractivity contribution >= 4 is 5.97 Å². The second-order valence-electron chi connectivity index (χ2n) is 8.16. The molecule has 0 rings (SSSR count). The predicted octanol–water partition coefficient (Wildman–Crippen LogP) is 9.01. The van der Waals surface area contributed by atoms with Crippen molar-refractivity contribution in [3.05, 3.63) is 24.3 Å². The molecule has 0 aromatic rings. The minimum Gasteiger partial charge on any atom is -0.481 e. The van der Waals surface area contributed by atoms with Gasteiger partial charge in [0.05, 0.1) is 0 Å². The van der Waals surface area contributed by atoms with Crippen molar-refractivity contribution in [2.24, 2.45) is 0 Å². The van der Waals surface area contributed by atoms with E-state index < -0.39 is 5.97 Å². The highest BCUT2D eigenvalue weighted by Crippen LogP contribution is 2.12. The van der Waals surface area contributed by atoms with Gasteiger partial charge in [0.15, 0.2) is 0 Å². The summed E-state index contributed by atoms with van der Waals surface area (Å²) in [5.74, 6) is -0.658. The Morgan fingerprint density at radius 2 is 0.857 bits per heavy atom. The highest BCUT2D eigenvalue weighted by atomic mass is 16.4. The van der Waals surface area contributed by atoms with Crippen LogP contribution in [0.15, 0.2) is 24.3 Å². The molecule has 0 saturated carbocycles. The zero-order valence-electron chi connectivity index (χ0n) is 18.8.